The van der Waals surface area contributed by atoms with Crippen LogP contribution in [-0.2, 0) is 16.2 Å². The van der Waals surface area contributed by atoms with Crippen molar-refractivity contribution in [1.29, 1.82) is 0 Å². The Kier molecular flexibility index (Phi) is 4.36. The number of para-hydroxylation sites is 2. The lowest BCUT2D eigenvalue weighted by Crippen LogP contribution is -2.43. The second kappa shape index (κ2) is 6.21. The zero-order valence-electron chi connectivity index (χ0n) is 13.2. The molecule has 0 aliphatic carbocycles. The fourth-order valence-electron chi connectivity index (χ4n) is 2.53. The van der Waals surface area contributed by atoms with E-state index in [0.717, 1.165) is 16.6 Å². The summed E-state index contributed by atoms with van der Waals surface area (Å²) in [6, 6.07) is 8.23. The van der Waals surface area contributed by atoms with E-state index in [0.29, 0.717) is 23.9 Å². The van der Waals surface area contributed by atoms with E-state index in [4.69, 9.17) is 4.74 Å². The molecule has 1 aliphatic rings. The zero-order valence-corrected chi connectivity index (χ0v) is 14.0. The van der Waals surface area contributed by atoms with E-state index in [2.05, 4.69) is 4.98 Å². The molecule has 1 atom stereocenters. The van der Waals surface area contributed by atoms with E-state index in [1.807, 2.05) is 6.92 Å². The average Bonchev–Trinajstić information content (AvgIpc) is 2.60. The van der Waals surface area contributed by atoms with Gasteiger partial charge in [0.2, 0.25) is 0 Å². The van der Waals surface area contributed by atoms with Crippen LogP contribution in [0.3, 0.4) is 0 Å². The van der Waals surface area contributed by atoms with Gasteiger partial charge in [-0.1, -0.05) is 19.1 Å². The largest absolute Gasteiger partial charge is 0.486 e. The molecule has 0 bridgehead atoms. The van der Waals surface area contributed by atoms with Crippen molar-refractivity contribution in [2.45, 2.75) is 30.5 Å². The van der Waals surface area contributed by atoms with Crippen molar-refractivity contribution in [3.8, 4) is 5.75 Å². The van der Waals surface area contributed by atoms with Gasteiger partial charge in [-0.25, -0.2) is 8.42 Å². The molecule has 3 rings (SSSR count). The van der Waals surface area contributed by atoms with Crippen LogP contribution in [0.1, 0.15) is 19.0 Å². The van der Waals surface area contributed by atoms with Gasteiger partial charge in [-0.05, 0) is 30.7 Å². The SMILES string of the molecule is CC[C@@H]1CN(S(=O)(=O)c2ccc(C(F)(F)F)nc2)c2ccccc2O1. The highest BCUT2D eigenvalue weighted by Crippen LogP contribution is 2.37. The Hall–Kier alpha value is -2.29. The maximum atomic E-state index is 12.9. The molecule has 2 heterocycles. The Bertz CT molecular complexity index is 867. The van der Waals surface area contributed by atoms with E-state index < -0.39 is 21.9 Å². The summed E-state index contributed by atoms with van der Waals surface area (Å²) in [7, 11) is -4.06. The van der Waals surface area contributed by atoms with Gasteiger partial charge in [-0.15, -0.1) is 0 Å². The molecule has 1 aromatic carbocycles. The topological polar surface area (TPSA) is 59.5 Å². The van der Waals surface area contributed by atoms with Gasteiger partial charge in [0.1, 0.15) is 22.4 Å². The van der Waals surface area contributed by atoms with E-state index in [9.17, 15) is 21.6 Å². The molecule has 0 saturated heterocycles. The molecule has 5 nitrogen and oxygen atoms in total. The highest BCUT2D eigenvalue weighted by Gasteiger charge is 2.36. The minimum absolute atomic E-state index is 0.0802. The first kappa shape index (κ1) is 17.5. The van der Waals surface area contributed by atoms with Crippen molar-refractivity contribution in [2.75, 3.05) is 10.8 Å². The molecule has 0 N–H and O–H groups in total. The number of anilines is 1. The average molecular weight is 372 g/mol. The van der Waals surface area contributed by atoms with E-state index in [-0.39, 0.29) is 17.5 Å². The molecule has 1 aromatic heterocycles. The summed E-state index contributed by atoms with van der Waals surface area (Å²) in [6.45, 7) is 1.94. The van der Waals surface area contributed by atoms with E-state index in [1.54, 1.807) is 24.3 Å². The number of rotatable bonds is 3. The highest BCUT2D eigenvalue weighted by molar-refractivity contribution is 7.92. The van der Waals surface area contributed by atoms with Crippen molar-refractivity contribution >= 4 is 15.7 Å². The maximum Gasteiger partial charge on any atom is 0.433 e. The summed E-state index contributed by atoms with van der Waals surface area (Å²) in [6.07, 6.45) is -3.64. The van der Waals surface area contributed by atoms with E-state index in [1.165, 1.54) is 0 Å². The number of hydrogen-bond donors (Lipinski definition) is 0. The number of fused-ring (bicyclic) bond motifs is 1. The number of alkyl halides is 3. The quantitative estimate of drug-likeness (QED) is 0.828. The fourth-order valence-corrected chi connectivity index (χ4v) is 3.98. The molecule has 0 saturated carbocycles. The van der Waals surface area contributed by atoms with Crippen molar-refractivity contribution in [1.82, 2.24) is 4.98 Å². The predicted molar refractivity (Wildman–Crippen MR) is 84.9 cm³/mol. The Morgan fingerprint density at radius 2 is 1.96 bits per heavy atom. The molecule has 0 radical (unpaired) electrons. The van der Waals surface area contributed by atoms with Gasteiger partial charge in [0.05, 0.1) is 12.2 Å². The minimum atomic E-state index is -4.62. The standard InChI is InChI=1S/C16H15F3N2O3S/c1-2-11-10-21(13-5-3-4-6-14(13)24-11)25(22,23)12-7-8-15(20-9-12)16(17,18)19/h3-9,11H,2,10H2,1H3/t11-/m1/s1. The first-order valence-electron chi connectivity index (χ1n) is 7.55. The van der Waals surface area contributed by atoms with Gasteiger partial charge in [0.15, 0.2) is 0 Å². The van der Waals surface area contributed by atoms with Crippen molar-refractivity contribution in [3.63, 3.8) is 0 Å². The minimum Gasteiger partial charge on any atom is -0.486 e. The predicted octanol–water partition coefficient (Wildman–Crippen LogP) is 3.47. The van der Waals surface area contributed by atoms with Crippen LogP contribution in [0.2, 0.25) is 0 Å². The lowest BCUT2D eigenvalue weighted by Gasteiger charge is -2.35. The number of sulfonamides is 1. The van der Waals surface area contributed by atoms with Gasteiger partial charge in [-0.3, -0.25) is 9.29 Å². The molecule has 0 unspecified atom stereocenters. The third kappa shape index (κ3) is 3.28. The Morgan fingerprint density at radius 1 is 1.24 bits per heavy atom. The summed E-state index contributed by atoms with van der Waals surface area (Å²) in [5, 5.41) is 0. The van der Waals surface area contributed by atoms with Crippen LogP contribution in [-0.4, -0.2) is 26.1 Å². The van der Waals surface area contributed by atoms with Crippen LogP contribution in [0.25, 0.3) is 0 Å². The number of benzene rings is 1. The lowest BCUT2D eigenvalue weighted by molar-refractivity contribution is -0.141. The van der Waals surface area contributed by atoms with Gasteiger partial charge in [-0.2, -0.15) is 13.2 Å². The summed E-state index contributed by atoms with van der Waals surface area (Å²) in [4.78, 5) is 2.95. The van der Waals surface area contributed by atoms with Crippen molar-refractivity contribution in [3.05, 3.63) is 48.3 Å². The Labute approximate surface area is 143 Å². The number of halogens is 3. The molecule has 25 heavy (non-hydrogen) atoms. The normalized spacial score (nSPS) is 17.8. The number of pyridine rings is 1. The third-order valence-electron chi connectivity index (χ3n) is 3.87. The number of hydrogen-bond acceptors (Lipinski definition) is 4. The van der Waals surface area contributed by atoms with Crippen LogP contribution in [0.5, 0.6) is 5.75 Å². The first-order chi connectivity index (χ1) is 11.7. The zero-order chi connectivity index (χ0) is 18.2. The number of nitrogens with zero attached hydrogens (tertiary/aromatic N) is 2. The molecule has 0 fully saturated rings. The Balaban J connectivity index is 2.02. The van der Waals surface area contributed by atoms with Crippen molar-refractivity contribution < 1.29 is 26.3 Å². The van der Waals surface area contributed by atoms with E-state index >= 15 is 0 Å². The molecule has 0 spiro atoms. The highest BCUT2D eigenvalue weighted by atomic mass is 32.2. The number of aromatic nitrogens is 1. The maximum absolute atomic E-state index is 12.9. The third-order valence-corrected chi connectivity index (χ3v) is 5.63. The molecule has 0 amide bonds. The van der Waals surface area contributed by atoms with Gasteiger partial charge < -0.3 is 4.74 Å². The summed E-state index contributed by atoms with van der Waals surface area (Å²) >= 11 is 0. The van der Waals surface area contributed by atoms with Gasteiger partial charge in [0.25, 0.3) is 10.0 Å². The van der Waals surface area contributed by atoms with Crippen molar-refractivity contribution in [2.24, 2.45) is 0 Å². The van der Waals surface area contributed by atoms with Gasteiger partial charge >= 0.3 is 6.18 Å². The summed E-state index contributed by atoms with van der Waals surface area (Å²) in [5.74, 6) is 0.420. The summed E-state index contributed by atoms with van der Waals surface area (Å²) < 4.78 is 70.6. The smallest absolute Gasteiger partial charge is 0.433 e. The molecule has 1 aliphatic heterocycles. The second-order valence-corrected chi connectivity index (χ2v) is 7.39. The summed E-state index contributed by atoms with van der Waals surface area (Å²) in [5.41, 5.74) is -0.785. The monoisotopic (exact) mass is 372 g/mol. The van der Waals surface area contributed by atoms with Crippen LogP contribution in [0.15, 0.2) is 47.5 Å². The fraction of sp³-hybridized carbons (Fsp3) is 0.312. The van der Waals surface area contributed by atoms with Crippen LogP contribution < -0.4 is 9.04 Å². The molecular weight excluding hydrogens is 357 g/mol. The molecule has 2 aromatic rings. The number of ether oxygens (including phenoxy) is 1. The van der Waals surface area contributed by atoms with Crippen LogP contribution >= 0.6 is 0 Å². The Morgan fingerprint density at radius 3 is 2.56 bits per heavy atom. The molecule has 134 valence electrons. The lowest BCUT2D eigenvalue weighted by atomic mass is 10.2. The second-order valence-electron chi connectivity index (χ2n) is 5.53. The molecular formula is C16H15F3N2O3S. The molecule has 9 heteroatoms. The first-order valence-corrected chi connectivity index (χ1v) is 8.99. The van der Waals surface area contributed by atoms with Crippen LogP contribution in [0.4, 0.5) is 18.9 Å². The van der Waals surface area contributed by atoms with Gasteiger partial charge in [0, 0.05) is 6.20 Å². The van der Waals surface area contributed by atoms with Crippen LogP contribution in [0, 0.1) is 0 Å².